The lowest BCUT2D eigenvalue weighted by Gasteiger charge is -2.11. The zero-order valence-corrected chi connectivity index (χ0v) is 13.6. The molecule has 0 bridgehead atoms. The van der Waals surface area contributed by atoms with Crippen molar-refractivity contribution in [2.75, 3.05) is 5.32 Å². The summed E-state index contributed by atoms with van der Waals surface area (Å²) in [5.41, 5.74) is 3.12. The first-order valence-electron chi connectivity index (χ1n) is 6.88. The van der Waals surface area contributed by atoms with E-state index in [1.54, 1.807) is 12.1 Å². The number of amides is 1. The molecular formula is C17H18N2O2S. The molecule has 0 radical (unpaired) electrons. The maximum absolute atomic E-state index is 11.8. The molecule has 0 saturated heterocycles. The van der Waals surface area contributed by atoms with Crippen LogP contribution in [-0.4, -0.2) is 11.0 Å². The molecule has 22 heavy (non-hydrogen) atoms. The van der Waals surface area contributed by atoms with E-state index in [9.17, 15) is 4.79 Å². The van der Waals surface area contributed by atoms with Crippen LogP contribution in [0, 0.1) is 20.8 Å². The number of carbonyl (C=O) groups is 1. The summed E-state index contributed by atoms with van der Waals surface area (Å²) in [7, 11) is 0. The summed E-state index contributed by atoms with van der Waals surface area (Å²) in [6.07, 6.45) is 2.98. The van der Waals surface area contributed by atoms with Crippen molar-refractivity contribution in [1.29, 1.82) is 0 Å². The molecule has 1 heterocycles. The summed E-state index contributed by atoms with van der Waals surface area (Å²) >= 11 is 5.14. The molecular weight excluding hydrogens is 296 g/mol. The average Bonchev–Trinajstić information content (AvgIpc) is 2.85. The summed E-state index contributed by atoms with van der Waals surface area (Å²) in [6.45, 7) is 5.86. The predicted molar refractivity (Wildman–Crippen MR) is 92.8 cm³/mol. The molecule has 5 heteroatoms. The summed E-state index contributed by atoms with van der Waals surface area (Å²) in [4.78, 5) is 11.8. The van der Waals surface area contributed by atoms with Gasteiger partial charge in [0.1, 0.15) is 11.5 Å². The van der Waals surface area contributed by atoms with E-state index < -0.39 is 0 Å². The predicted octanol–water partition coefficient (Wildman–Crippen LogP) is 3.73. The number of carbonyl (C=O) groups excluding carboxylic acids is 1. The number of anilines is 1. The molecule has 0 aliphatic heterocycles. The van der Waals surface area contributed by atoms with E-state index in [-0.39, 0.29) is 11.0 Å². The van der Waals surface area contributed by atoms with E-state index in [1.165, 1.54) is 11.6 Å². The lowest BCUT2D eigenvalue weighted by atomic mass is 10.1. The van der Waals surface area contributed by atoms with E-state index in [0.717, 1.165) is 17.0 Å². The standard InChI is InChI=1S/C17H18N2O2S/c1-11-4-8-15(12(2)10-11)18-17(22)19-16(20)9-7-14-6-5-13(3)21-14/h4-10H,1-3H3,(H2,18,19,20,22). The first-order chi connectivity index (χ1) is 10.4. The highest BCUT2D eigenvalue weighted by atomic mass is 32.1. The van der Waals surface area contributed by atoms with E-state index in [0.29, 0.717) is 5.76 Å². The second-order valence-electron chi connectivity index (χ2n) is 5.04. The normalized spacial score (nSPS) is 10.7. The minimum absolute atomic E-state index is 0.261. The minimum atomic E-state index is -0.309. The lowest BCUT2D eigenvalue weighted by molar-refractivity contribution is -0.115. The molecule has 0 spiro atoms. The maximum atomic E-state index is 11.8. The monoisotopic (exact) mass is 314 g/mol. The van der Waals surface area contributed by atoms with Gasteiger partial charge in [-0.05, 0) is 62.8 Å². The summed E-state index contributed by atoms with van der Waals surface area (Å²) in [6, 6.07) is 9.60. The molecule has 0 aliphatic rings. The first-order valence-corrected chi connectivity index (χ1v) is 7.28. The minimum Gasteiger partial charge on any atom is -0.462 e. The third-order valence-corrected chi connectivity index (χ3v) is 3.23. The molecule has 2 aromatic rings. The third kappa shape index (κ3) is 4.56. The Morgan fingerprint density at radius 1 is 1.18 bits per heavy atom. The number of furan rings is 1. The molecule has 0 atom stereocenters. The molecule has 2 N–H and O–H groups in total. The van der Waals surface area contributed by atoms with Gasteiger partial charge in [-0.15, -0.1) is 0 Å². The van der Waals surface area contributed by atoms with Crippen LogP contribution in [0.4, 0.5) is 5.69 Å². The number of hydrogen-bond donors (Lipinski definition) is 2. The molecule has 1 aromatic heterocycles. The Balaban J connectivity index is 1.91. The summed E-state index contributed by atoms with van der Waals surface area (Å²) < 4.78 is 5.35. The fourth-order valence-corrected chi connectivity index (χ4v) is 2.17. The van der Waals surface area contributed by atoms with Crippen molar-refractivity contribution in [3.63, 3.8) is 0 Å². The molecule has 4 nitrogen and oxygen atoms in total. The fraction of sp³-hybridized carbons (Fsp3) is 0.176. The zero-order chi connectivity index (χ0) is 16.1. The van der Waals surface area contributed by atoms with Gasteiger partial charge in [0.25, 0.3) is 0 Å². The molecule has 1 aromatic carbocycles. The second kappa shape index (κ2) is 7.04. The Kier molecular flexibility index (Phi) is 5.12. The van der Waals surface area contributed by atoms with Crippen LogP contribution in [0.5, 0.6) is 0 Å². The van der Waals surface area contributed by atoms with Crippen molar-refractivity contribution < 1.29 is 9.21 Å². The molecule has 0 aliphatic carbocycles. The third-order valence-electron chi connectivity index (χ3n) is 3.03. The Labute approximate surface area is 135 Å². The van der Waals surface area contributed by atoms with E-state index in [1.807, 2.05) is 45.0 Å². The number of thiocarbonyl (C=S) groups is 1. The van der Waals surface area contributed by atoms with Crippen LogP contribution in [0.15, 0.2) is 40.8 Å². The van der Waals surface area contributed by atoms with Gasteiger partial charge in [0.05, 0.1) is 0 Å². The highest BCUT2D eigenvalue weighted by molar-refractivity contribution is 7.80. The number of rotatable bonds is 3. The summed E-state index contributed by atoms with van der Waals surface area (Å²) in [5.74, 6) is 1.12. The molecule has 0 saturated carbocycles. The van der Waals surface area contributed by atoms with Crippen molar-refractivity contribution in [2.24, 2.45) is 0 Å². The SMILES string of the molecule is Cc1ccc(NC(=S)NC(=O)C=Cc2ccc(C)o2)c(C)c1. The number of benzene rings is 1. The van der Waals surface area contributed by atoms with Gasteiger partial charge in [0, 0.05) is 11.8 Å². The van der Waals surface area contributed by atoms with Crippen molar-refractivity contribution in [2.45, 2.75) is 20.8 Å². The average molecular weight is 314 g/mol. The van der Waals surface area contributed by atoms with Gasteiger partial charge in [-0.3, -0.25) is 10.1 Å². The van der Waals surface area contributed by atoms with Crippen LogP contribution in [0.3, 0.4) is 0 Å². The number of aryl methyl sites for hydroxylation is 3. The Hall–Kier alpha value is -2.40. The van der Waals surface area contributed by atoms with Crippen molar-refractivity contribution in [3.05, 3.63) is 59.1 Å². The number of hydrogen-bond acceptors (Lipinski definition) is 3. The van der Waals surface area contributed by atoms with Crippen LogP contribution in [-0.2, 0) is 4.79 Å². The van der Waals surface area contributed by atoms with Crippen molar-refractivity contribution in [3.8, 4) is 0 Å². The fourth-order valence-electron chi connectivity index (χ4n) is 1.96. The van der Waals surface area contributed by atoms with Gasteiger partial charge >= 0.3 is 0 Å². The molecule has 0 unspecified atom stereocenters. The van der Waals surface area contributed by atoms with E-state index in [2.05, 4.69) is 10.6 Å². The van der Waals surface area contributed by atoms with Gasteiger partial charge in [-0.25, -0.2) is 0 Å². The molecule has 1 amide bonds. The summed E-state index contributed by atoms with van der Waals surface area (Å²) in [5, 5.41) is 5.87. The maximum Gasteiger partial charge on any atom is 0.250 e. The Bertz CT molecular complexity index is 732. The lowest BCUT2D eigenvalue weighted by Crippen LogP contribution is -2.33. The highest BCUT2D eigenvalue weighted by Gasteiger charge is 2.04. The van der Waals surface area contributed by atoms with Gasteiger partial charge < -0.3 is 9.73 Å². The van der Waals surface area contributed by atoms with Gasteiger partial charge in [-0.1, -0.05) is 17.7 Å². The smallest absolute Gasteiger partial charge is 0.250 e. The zero-order valence-electron chi connectivity index (χ0n) is 12.8. The molecule has 2 rings (SSSR count). The quantitative estimate of drug-likeness (QED) is 0.669. The van der Waals surface area contributed by atoms with Crippen LogP contribution in [0.1, 0.15) is 22.6 Å². The molecule has 0 fully saturated rings. The topological polar surface area (TPSA) is 54.3 Å². The van der Waals surface area contributed by atoms with Gasteiger partial charge in [0.15, 0.2) is 5.11 Å². The van der Waals surface area contributed by atoms with Gasteiger partial charge in [0.2, 0.25) is 5.91 Å². The largest absolute Gasteiger partial charge is 0.462 e. The van der Waals surface area contributed by atoms with Crippen LogP contribution in [0.25, 0.3) is 6.08 Å². The van der Waals surface area contributed by atoms with Gasteiger partial charge in [-0.2, -0.15) is 0 Å². The Morgan fingerprint density at radius 3 is 2.59 bits per heavy atom. The Morgan fingerprint density at radius 2 is 1.95 bits per heavy atom. The second-order valence-corrected chi connectivity index (χ2v) is 5.45. The van der Waals surface area contributed by atoms with Crippen LogP contribution in [0.2, 0.25) is 0 Å². The highest BCUT2D eigenvalue weighted by Crippen LogP contribution is 2.15. The van der Waals surface area contributed by atoms with E-state index >= 15 is 0 Å². The van der Waals surface area contributed by atoms with Crippen molar-refractivity contribution in [1.82, 2.24) is 5.32 Å². The first kappa shape index (κ1) is 16.0. The van der Waals surface area contributed by atoms with Crippen LogP contribution < -0.4 is 10.6 Å². The van der Waals surface area contributed by atoms with Crippen LogP contribution >= 0.6 is 12.2 Å². The molecule has 114 valence electrons. The van der Waals surface area contributed by atoms with E-state index in [4.69, 9.17) is 16.6 Å². The van der Waals surface area contributed by atoms with Crippen molar-refractivity contribution >= 4 is 35.0 Å². The number of nitrogens with one attached hydrogen (secondary N) is 2.